The van der Waals surface area contributed by atoms with Crippen molar-refractivity contribution in [2.45, 2.75) is 123 Å². The zero-order valence-corrected chi connectivity index (χ0v) is 16.1. The van der Waals surface area contributed by atoms with Crippen molar-refractivity contribution < 1.29 is 4.79 Å². The minimum atomic E-state index is -0.0958. The first-order valence-electron chi connectivity index (χ1n) is 10.5. The first-order valence-corrected chi connectivity index (χ1v) is 10.5. The summed E-state index contributed by atoms with van der Waals surface area (Å²) in [4.78, 5) is 11.3. The number of nitrogens with two attached hydrogens (primary N) is 1. The largest absolute Gasteiger partial charge is 0.369 e. The first kappa shape index (κ1) is 22.5. The fraction of sp³-hybridized carbons (Fsp3) is 0.952. The number of rotatable bonds is 18. The van der Waals surface area contributed by atoms with Crippen LogP contribution in [0.1, 0.15) is 123 Å². The lowest BCUT2D eigenvalue weighted by molar-refractivity contribution is -0.122. The van der Waals surface area contributed by atoms with Gasteiger partial charge in [-0.15, -0.1) is 0 Å². The molecule has 0 radical (unpaired) electrons. The monoisotopic (exact) mass is 325 g/mol. The van der Waals surface area contributed by atoms with E-state index in [1.165, 1.54) is 89.9 Å². The fourth-order valence-corrected chi connectivity index (χ4v) is 3.36. The summed E-state index contributed by atoms with van der Waals surface area (Å²) in [5.41, 5.74) is 5.44. The van der Waals surface area contributed by atoms with Crippen LogP contribution in [0, 0.1) is 5.92 Å². The Morgan fingerprint density at radius 1 is 0.609 bits per heavy atom. The molecule has 1 unspecified atom stereocenters. The molecule has 2 nitrogen and oxygen atoms in total. The minimum absolute atomic E-state index is 0.0958. The lowest BCUT2D eigenvalue weighted by Gasteiger charge is -2.11. The quantitative estimate of drug-likeness (QED) is 0.278. The van der Waals surface area contributed by atoms with Crippen LogP contribution in [-0.2, 0) is 4.79 Å². The van der Waals surface area contributed by atoms with Crippen molar-refractivity contribution in [2.75, 3.05) is 0 Å². The van der Waals surface area contributed by atoms with E-state index in [0.717, 1.165) is 19.3 Å². The van der Waals surface area contributed by atoms with E-state index in [-0.39, 0.29) is 11.8 Å². The SMILES string of the molecule is CCCCCCCCCCCCCCCCC(CCC)C(N)=O. The van der Waals surface area contributed by atoms with E-state index < -0.39 is 0 Å². The standard InChI is InChI=1S/C21H43NO/c1-3-5-6-7-8-9-10-11-12-13-14-15-16-17-19-20(18-4-2)21(22)23/h20H,3-19H2,1-2H3,(H2,22,23). The summed E-state index contributed by atoms with van der Waals surface area (Å²) >= 11 is 0. The number of amides is 1. The molecule has 0 fully saturated rings. The Morgan fingerprint density at radius 2 is 1.00 bits per heavy atom. The summed E-state index contributed by atoms with van der Waals surface area (Å²) in [5, 5.41) is 0. The van der Waals surface area contributed by atoms with Gasteiger partial charge in [0.25, 0.3) is 0 Å². The maximum Gasteiger partial charge on any atom is 0.220 e. The molecule has 0 aromatic carbocycles. The van der Waals surface area contributed by atoms with E-state index in [1.54, 1.807) is 0 Å². The third kappa shape index (κ3) is 16.1. The van der Waals surface area contributed by atoms with Crippen LogP contribution in [0.2, 0.25) is 0 Å². The summed E-state index contributed by atoms with van der Waals surface area (Å²) in [6.45, 7) is 4.41. The summed E-state index contributed by atoms with van der Waals surface area (Å²) < 4.78 is 0. The maximum atomic E-state index is 11.3. The molecule has 0 aliphatic heterocycles. The van der Waals surface area contributed by atoms with Crippen LogP contribution in [0.25, 0.3) is 0 Å². The van der Waals surface area contributed by atoms with Crippen molar-refractivity contribution in [3.8, 4) is 0 Å². The molecular weight excluding hydrogens is 282 g/mol. The van der Waals surface area contributed by atoms with Gasteiger partial charge >= 0.3 is 0 Å². The van der Waals surface area contributed by atoms with Crippen LogP contribution in [0.4, 0.5) is 0 Å². The maximum absolute atomic E-state index is 11.3. The second-order valence-electron chi connectivity index (χ2n) is 7.27. The van der Waals surface area contributed by atoms with Gasteiger partial charge in [0.15, 0.2) is 0 Å². The average Bonchev–Trinajstić information content (AvgIpc) is 2.54. The molecule has 0 aliphatic rings. The van der Waals surface area contributed by atoms with Gasteiger partial charge < -0.3 is 5.73 Å². The molecule has 0 aromatic heterocycles. The highest BCUT2D eigenvalue weighted by Gasteiger charge is 2.12. The van der Waals surface area contributed by atoms with E-state index in [1.807, 2.05) is 0 Å². The summed E-state index contributed by atoms with van der Waals surface area (Å²) in [6.07, 6.45) is 22.4. The van der Waals surface area contributed by atoms with Crippen molar-refractivity contribution in [1.29, 1.82) is 0 Å². The summed E-state index contributed by atoms with van der Waals surface area (Å²) in [6, 6.07) is 0. The Morgan fingerprint density at radius 3 is 1.35 bits per heavy atom. The van der Waals surface area contributed by atoms with Crippen molar-refractivity contribution >= 4 is 5.91 Å². The number of carbonyl (C=O) groups excluding carboxylic acids is 1. The van der Waals surface area contributed by atoms with Crippen LogP contribution < -0.4 is 5.73 Å². The Kier molecular flexibility index (Phi) is 17.4. The lowest BCUT2D eigenvalue weighted by atomic mass is 9.95. The predicted molar refractivity (Wildman–Crippen MR) is 103 cm³/mol. The molecular formula is C21H43NO. The van der Waals surface area contributed by atoms with Crippen LogP contribution in [0.3, 0.4) is 0 Å². The van der Waals surface area contributed by atoms with Crippen molar-refractivity contribution in [3.63, 3.8) is 0 Å². The van der Waals surface area contributed by atoms with Gasteiger partial charge in [0.05, 0.1) is 0 Å². The lowest BCUT2D eigenvalue weighted by Crippen LogP contribution is -2.23. The molecule has 0 rings (SSSR count). The molecule has 0 saturated heterocycles. The van der Waals surface area contributed by atoms with E-state index >= 15 is 0 Å². The molecule has 2 heteroatoms. The smallest absolute Gasteiger partial charge is 0.220 e. The minimum Gasteiger partial charge on any atom is -0.369 e. The van der Waals surface area contributed by atoms with Gasteiger partial charge in [-0.1, -0.05) is 110 Å². The fourth-order valence-electron chi connectivity index (χ4n) is 3.36. The zero-order valence-electron chi connectivity index (χ0n) is 16.1. The summed E-state index contributed by atoms with van der Waals surface area (Å²) in [7, 11) is 0. The van der Waals surface area contributed by atoms with Gasteiger partial charge in [-0.25, -0.2) is 0 Å². The molecule has 138 valence electrons. The molecule has 23 heavy (non-hydrogen) atoms. The molecule has 2 N–H and O–H groups in total. The highest BCUT2D eigenvalue weighted by atomic mass is 16.1. The highest BCUT2D eigenvalue weighted by molar-refractivity contribution is 5.76. The normalized spacial score (nSPS) is 12.4. The Bertz CT molecular complexity index is 252. The van der Waals surface area contributed by atoms with E-state index in [2.05, 4.69) is 13.8 Å². The third-order valence-electron chi connectivity index (χ3n) is 4.95. The number of hydrogen-bond donors (Lipinski definition) is 1. The molecule has 0 saturated carbocycles. The molecule has 1 amide bonds. The number of unbranched alkanes of at least 4 members (excludes halogenated alkanes) is 13. The van der Waals surface area contributed by atoms with E-state index in [0.29, 0.717) is 0 Å². The molecule has 0 aliphatic carbocycles. The highest BCUT2D eigenvalue weighted by Crippen LogP contribution is 2.17. The second kappa shape index (κ2) is 17.8. The second-order valence-corrected chi connectivity index (χ2v) is 7.27. The Labute approximate surface area is 146 Å². The van der Waals surface area contributed by atoms with Gasteiger partial charge in [0.1, 0.15) is 0 Å². The molecule has 0 heterocycles. The van der Waals surface area contributed by atoms with Gasteiger partial charge in [0.2, 0.25) is 5.91 Å². The number of carbonyl (C=O) groups is 1. The van der Waals surface area contributed by atoms with Crippen molar-refractivity contribution in [1.82, 2.24) is 0 Å². The third-order valence-corrected chi connectivity index (χ3v) is 4.95. The topological polar surface area (TPSA) is 43.1 Å². The summed E-state index contributed by atoms with van der Waals surface area (Å²) in [5.74, 6) is 0.0267. The van der Waals surface area contributed by atoms with Gasteiger partial charge in [-0.05, 0) is 12.8 Å². The van der Waals surface area contributed by atoms with Crippen molar-refractivity contribution in [2.24, 2.45) is 11.7 Å². The number of hydrogen-bond acceptors (Lipinski definition) is 1. The Balaban J connectivity index is 3.20. The van der Waals surface area contributed by atoms with Crippen LogP contribution in [-0.4, -0.2) is 5.91 Å². The van der Waals surface area contributed by atoms with Gasteiger partial charge in [0, 0.05) is 5.92 Å². The molecule has 0 aromatic rings. The van der Waals surface area contributed by atoms with E-state index in [9.17, 15) is 4.79 Å². The van der Waals surface area contributed by atoms with Gasteiger partial charge in [-0.3, -0.25) is 4.79 Å². The zero-order chi connectivity index (χ0) is 17.2. The van der Waals surface area contributed by atoms with Crippen molar-refractivity contribution in [3.05, 3.63) is 0 Å². The van der Waals surface area contributed by atoms with Crippen LogP contribution >= 0.6 is 0 Å². The Hall–Kier alpha value is -0.530. The number of primary amides is 1. The van der Waals surface area contributed by atoms with Crippen LogP contribution in [0.15, 0.2) is 0 Å². The molecule has 0 spiro atoms. The first-order chi connectivity index (χ1) is 11.2. The predicted octanol–water partition coefficient (Wildman–Crippen LogP) is 6.76. The van der Waals surface area contributed by atoms with E-state index in [4.69, 9.17) is 5.73 Å². The molecule has 0 bridgehead atoms. The average molecular weight is 326 g/mol. The van der Waals surface area contributed by atoms with Crippen LogP contribution in [0.5, 0.6) is 0 Å². The van der Waals surface area contributed by atoms with Gasteiger partial charge in [-0.2, -0.15) is 0 Å². The molecule has 1 atom stereocenters.